The maximum Gasteiger partial charge on any atom is 0.246 e. The lowest BCUT2D eigenvalue weighted by Gasteiger charge is -2.40. The second-order valence-corrected chi connectivity index (χ2v) is 25.5. The van der Waals surface area contributed by atoms with Crippen LogP contribution in [0.3, 0.4) is 0 Å². The van der Waals surface area contributed by atoms with Crippen molar-refractivity contribution in [2.75, 3.05) is 6.61 Å². The Balaban J connectivity index is 1.52. The van der Waals surface area contributed by atoms with E-state index < -0.39 is 16.6 Å². The van der Waals surface area contributed by atoms with Crippen LogP contribution in [-0.2, 0) is 20.2 Å². The fraction of sp³-hybridized carbons (Fsp3) is 0.514. The molecule has 1 fully saturated rings. The van der Waals surface area contributed by atoms with Crippen LogP contribution in [-0.4, -0.2) is 60.8 Å². The number of rotatable bonds is 11. The van der Waals surface area contributed by atoms with Crippen molar-refractivity contribution in [1.82, 2.24) is 19.5 Å². The molecule has 2 aromatic heterocycles. The highest BCUT2D eigenvalue weighted by molar-refractivity contribution is 6.74. The Labute approximate surface area is 287 Å². The molecule has 9 nitrogen and oxygen atoms in total. The molecule has 258 valence electrons. The number of imidazole rings is 1. The number of aromatic nitrogens is 4. The van der Waals surface area contributed by atoms with Crippen molar-refractivity contribution in [3.05, 3.63) is 72.1 Å². The molecular weight excluding hydrogens is 637 g/mol. The van der Waals surface area contributed by atoms with Crippen molar-refractivity contribution in [3.8, 4) is 17.3 Å². The molecule has 0 radical (unpaired) electrons. The molecule has 48 heavy (non-hydrogen) atoms. The zero-order valence-electron chi connectivity index (χ0n) is 30.5. The molecule has 2 aromatic carbocycles. The van der Waals surface area contributed by atoms with Gasteiger partial charge in [-0.15, -0.1) is 0 Å². The summed E-state index contributed by atoms with van der Waals surface area (Å²) in [7, 11) is -4.16. The second-order valence-electron chi connectivity index (χ2n) is 15.9. The molecule has 4 aromatic rings. The van der Waals surface area contributed by atoms with E-state index in [0.29, 0.717) is 48.1 Å². The van der Waals surface area contributed by atoms with E-state index in [9.17, 15) is 4.79 Å². The highest BCUT2D eigenvalue weighted by atomic mass is 28.4. The van der Waals surface area contributed by atoms with E-state index >= 15 is 0 Å². The number of hydrogen-bond acceptors (Lipinski definition) is 8. The summed E-state index contributed by atoms with van der Waals surface area (Å²) in [5, 5.41) is 0.121. The van der Waals surface area contributed by atoms with Crippen LogP contribution in [0.1, 0.15) is 77.0 Å². The van der Waals surface area contributed by atoms with Crippen LogP contribution < -0.4 is 4.74 Å². The number of fused-ring (bicyclic) bond motifs is 1. The number of benzene rings is 2. The van der Waals surface area contributed by atoms with E-state index in [0.717, 1.165) is 11.1 Å². The summed E-state index contributed by atoms with van der Waals surface area (Å²) in [6, 6.07) is 17.3. The molecule has 0 saturated carbocycles. The number of hydrogen-bond donors (Lipinski definition) is 0. The minimum Gasteiger partial charge on any atom is -0.471 e. The smallest absolute Gasteiger partial charge is 0.246 e. The fourth-order valence-corrected chi connectivity index (χ4v) is 7.49. The first kappa shape index (κ1) is 36.1. The Kier molecular flexibility index (Phi) is 10.2. The van der Waals surface area contributed by atoms with Gasteiger partial charge in [0.2, 0.25) is 5.88 Å². The molecule has 0 aliphatic carbocycles. The van der Waals surface area contributed by atoms with Crippen LogP contribution in [0.25, 0.3) is 22.6 Å². The second kappa shape index (κ2) is 13.6. The van der Waals surface area contributed by atoms with Crippen molar-refractivity contribution in [1.29, 1.82) is 0 Å². The SMILES string of the molecule is CC(=O)c1ccc(-c2nc(OCc3ccccc3)c3ncn([C@H]4C[C@H](O[Si](C)(C)C(C)(C)C)[C@@H](CO[Si](C)(C)C(C)(C)C)O4)c3n2)cc1. The van der Waals surface area contributed by atoms with Gasteiger partial charge in [0.05, 0.1) is 19.0 Å². The zero-order valence-corrected chi connectivity index (χ0v) is 32.5. The normalized spacial score (nSPS) is 19.2. The average molecular weight is 689 g/mol. The highest BCUT2D eigenvalue weighted by Crippen LogP contribution is 2.43. The highest BCUT2D eigenvalue weighted by Gasteiger charge is 2.47. The van der Waals surface area contributed by atoms with Crippen molar-refractivity contribution < 1.29 is 23.1 Å². The van der Waals surface area contributed by atoms with Crippen molar-refractivity contribution in [3.63, 3.8) is 0 Å². The summed E-state index contributed by atoms with van der Waals surface area (Å²) in [6.07, 6.45) is 1.64. The summed E-state index contributed by atoms with van der Waals surface area (Å²) < 4.78 is 28.9. The predicted octanol–water partition coefficient (Wildman–Crippen LogP) is 8.97. The molecule has 0 unspecified atom stereocenters. The van der Waals surface area contributed by atoms with Gasteiger partial charge in [-0.05, 0) is 48.8 Å². The van der Waals surface area contributed by atoms with Crippen LogP contribution >= 0.6 is 0 Å². The van der Waals surface area contributed by atoms with E-state index in [4.69, 9.17) is 33.3 Å². The fourth-order valence-electron chi connectivity index (χ4n) is 5.12. The minimum atomic E-state index is -2.13. The molecule has 3 atom stereocenters. The van der Waals surface area contributed by atoms with E-state index in [1.807, 2.05) is 47.0 Å². The zero-order chi connectivity index (χ0) is 35.1. The Morgan fingerprint density at radius 2 is 1.56 bits per heavy atom. The molecule has 5 rings (SSSR count). The quantitative estimate of drug-likeness (QED) is 0.114. The molecule has 3 heterocycles. The predicted molar refractivity (Wildman–Crippen MR) is 195 cm³/mol. The summed E-state index contributed by atoms with van der Waals surface area (Å²) in [5.74, 6) is 0.869. The minimum absolute atomic E-state index is 0.00261. The molecule has 0 bridgehead atoms. The third-order valence-electron chi connectivity index (χ3n) is 10.3. The van der Waals surface area contributed by atoms with Gasteiger partial charge in [0.15, 0.2) is 39.4 Å². The Morgan fingerprint density at radius 3 is 2.17 bits per heavy atom. The van der Waals surface area contributed by atoms with Crippen molar-refractivity contribution in [2.24, 2.45) is 0 Å². The maximum atomic E-state index is 12.0. The third kappa shape index (κ3) is 7.81. The van der Waals surface area contributed by atoms with Gasteiger partial charge in [0.25, 0.3) is 0 Å². The summed E-state index contributed by atoms with van der Waals surface area (Å²) in [4.78, 5) is 26.5. The third-order valence-corrected chi connectivity index (χ3v) is 19.3. The van der Waals surface area contributed by atoms with Crippen LogP contribution in [0.5, 0.6) is 5.88 Å². The van der Waals surface area contributed by atoms with Crippen LogP contribution in [0, 0.1) is 0 Å². The summed E-state index contributed by atoms with van der Waals surface area (Å²) in [6.45, 7) is 25.0. The number of carbonyl (C=O) groups is 1. The molecular formula is C37H52N4O5Si2. The molecule has 1 aliphatic heterocycles. The van der Waals surface area contributed by atoms with Gasteiger partial charge in [-0.25, -0.2) is 9.97 Å². The number of nitrogens with zero attached hydrogens (tertiary/aromatic N) is 4. The van der Waals surface area contributed by atoms with Crippen LogP contribution in [0.4, 0.5) is 0 Å². The average Bonchev–Trinajstić information content (AvgIpc) is 3.62. The van der Waals surface area contributed by atoms with Gasteiger partial charge in [0.1, 0.15) is 18.9 Å². The van der Waals surface area contributed by atoms with E-state index in [1.54, 1.807) is 25.4 Å². The Bertz CT molecular complexity index is 1730. The molecule has 0 N–H and O–H groups in total. The summed E-state index contributed by atoms with van der Waals surface area (Å²) in [5.41, 5.74) is 3.59. The topological polar surface area (TPSA) is 97.6 Å². The number of Topliss-reactive ketones (excluding diaryl/α,β-unsaturated/α-hetero) is 1. The van der Waals surface area contributed by atoms with Gasteiger partial charge < -0.3 is 18.3 Å². The molecule has 0 amide bonds. The van der Waals surface area contributed by atoms with E-state index in [1.165, 1.54) is 0 Å². The lowest BCUT2D eigenvalue weighted by Crippen LogP contribution is -2.48. The molecule has 1 aliphatic rings. The Hall–Kier alpha value is -3.23. The van der Waals surface area contributed by atoms with Gasteiger partial charge in [-0.3, -0.25) is 9.36 Å². The van der Waals surface area contributed by atoms with Crippen LogP contribution in [0.2, 0.25) is 36.3 Å². The lowest BCUT2D eigenvalue weighted by atomic mass is 10.1. The first-order chi connectivity index (χ1) is 22.4. The first-order valence-electron chi connectivity index (χ1n) is 16.9. The Morgan fingerprint density at radius 1 is 0.917 bits per heavy atom. The van der Waals surface area contributed by atoms with Gasteiger partial charge in [0, 0.05) is 17.5 Å². The van der Waals surface area contributed by atoms with E-state index in [-0.39, 0.29) is 34.3 Å². The van der Waals surface area contributed by atoms with E-state index in [2.05, 4.69) is 67.7 Å². The largest absolute Gasteiger partial charge is 0.471 e. The van der Waals surface area contributed by atoms with Gasteiger partial charge >= 0.3 is 0 Å². The monoisotopic (exact) mass is 688 g/mol. The lowest BCUT2D eigenvalue weighted by molar-refractivity contribution is -0.0383. The van der Waals surface area contributed by atoms with Crippen molar-refractivity contribution in [2.45, 2.75) is 116 Å². The molecule has 1 saturated heterocycles. The van der Waals surface area contributed by atoms with Gasteiger partial charge in [-0.1, -0.05) is 96.1 Å². The number of ether oxygens (including phenoxy) is 2. The number of carbonyl (C=O) groups excluding carboxylic acids is 1. The molecule has 0 spiro atoms. The van der Waals surface area contributed by atoms with Gasteiger partial charge in [-0.2, -0.15) is 4.98 Å². The maximum absolute atomic E-state index is 12.0. The first-order valence-corrected chi connectivity index (χ1v) is 22.7. The number of ketones is 1. The molecule has 11 heteroatoms. The van der Waals surface area contributed by atoms with Crippen LogP contribution in [0.15, 0.2) is 60.9 Å². The summed E-state index contributed by atoms with van der Waals surface area (Å²) >= 11 is 0. The van der Waals surface area contributed by atoms with Crippen molar-refractivity contribution >= 4 is 33.6 Å². The standard InChI is InChI=1S/C37H52N4O5Si2/c1-25(42)27-17-19-28(20-18-27)33-39-34-32(35(40-33)43-22-26-15-13-12-14-16-26)38-24-41(34)31-21-29(46-48(10,11)37(5,6)7)30(45-31)23-44-47(8,9)36(2,3)4/h12-20,24,29-31H,21-23H2,1-11H3/t29-,30+,31+/m0/s1.